The standard InChI is InChI=1S/C18H18Cl2N2O3/c1-3-24-16-8-5-12(9-17(16)25-4-2)11-21-22-18(23)14-7-6-13(19)10-15(14)20/h5-11H,3-4H2,1-2H3,(H,22,23)/b21-11-. The highest BCUT2D eigenvalue weighted by molar-refractivity contribution is 6.36. The lowest BCUT2D eigenvalue weighted by atomic mass is 10.2. The summed E-state index contributed by atoms with van der Waals surface area (Å²) in [6, 6.07) is 10.0. The molecule has 1 N–H and O–H groups in total. The zero-order chi connectivity index (χ0) is 18.2. The Kier molecular flexibility index (Phi) is 7.10. The third-order valence-electron chi connectivity index (χ3n) is 3.12. The molecule has 25 heavy (non-hydrogen) atoms. The first-order valence-electron chi connectivity index (χ1n) is 7.73. The van der Waals surface area contributed by atoms with Gasteiger partial charge in [0.25, 0.3) is 5.91 Å². The van der Waals surface area contributed by atoms with Crippen molar-refractivity contribution >= 4 is 35.3 Å². The van der Waals surface area contributed by atoms with Gasteiger partial charge in [-0.2, -0.15) is 5.10 Å². The van der Waals surface area contributed by atoms with E-state index in [1.54, 1.807) is 24.3 Å². The number of carbonyl (C=O) groups excluding carboxylic acids is 1. The van der Waals surface area contributed by atoms with E-state index in [0.717, 1.165) is 5.56 Å². The van der Waals surface area contributed by atoms with E-state index in [-0.39, 0.29) is 5.02 Å². The van der Waals surface area contributed by atoms with Crippen LogP contribution in [-0.2, 0) is 0 Å². The molecule has 0 aliphatic carbocycles. The summed E-state index contributed by atoms with van der Waals surface area (Å²) in [5.74, 6) is 0.868. The van der Waals surface area contributed by atoms with E-state index in [9.17, 15) is 4.79 Å². The minimum Gasteiger partial charge on any atom is -0.490 e. The Labute approximate surface area is 156 Å². The van der Waals surface area contributed by atoms with Gasteiger partial charge in [0.15, 0.2) is 11.5 Å². The van der Waals surface area contributed by atoms with Crippen LogP contribution in [0.5, 0.6) is 11.5 Å². The maximum absolute atomic E-state index is 12.1. The zero-order valence-electron chi connectivity index (χ0n) is 13.9. The molecule has 0 radical (unpaired) electrons. The first-order valence-corrected chi connectivity index (χ1v) is 8.48. The molecule has 5 nitrogen and oxygen atoms in total. The van der Waals surface area contributed by atoms with E-state index in [1.165, 1.54) is 12.3 Å². The van der Waals surface area contributed by atoms with Crippen LogP contribution in [0.2, 0.25) is 10.0 Å². The molecular formula is C18H18Cl2N2O3. The summed E-state index contributed by atoms with van der Waals surface area (Å²) in [7, 11) is 0. The van der Waals surface area contributed by atoms with Gasteiger partial charge in [-0.25, -0.2) is 5.43 Å². The summed E-state index contributed by atoms with van der Waals surface area (Å²) in [5, 5.41) is 4.67. The van der Waals surface area contributed by atoms with Gasteiger partial charge in [-0.3, -0.25) is 4.79 Å². The molecule has 132 valence electrons. The summed E-state index contributed by atoms with van der Waals surface area (Å²) in [6.07, 6.45) is 1.51. The Morgan fingerprint density at radius 3 is 2.48 bits per heavy atom. The second-order valence-electron chi connectivity index (χ2n) is 4.90. The first kappa shape index (κ1) is 19.1. The Morgan fingerprint density at radius 2 is 1.80 bits per heavy atom. The van der Waals surface area contributed by atoms with Gasteiger partial charge in [-0.05, 0) is 55.8 Å². The van der Waals surface area contributed by atoms with Crippen LogP contribution >= 0.6 is 23.2 Å². The molecule has 2 aromatic carbocycles. The fraction of sp³-hybridized carbons (Fsp3) is 0.222. The number of nitrogens with zero attached hydrogens (tertiary/aromatic N) is 1. The second kappa shape index (κ2) is 9.30. The fourth-order valence-corrected chi connectivity index (χ4v) is 2.54. The second-order valence-corrected chi connectivity index (χ2v) is 5.74. The number of halogens is 2. The molecule has 0 saturated carbocycles. The molecule has 1 amide bonds. The highest BCUT2D eigenvalue weighted by Gasteiger charge is 2.10. The maximum atomic E-state index is 12.1. The number of carbonyl (C=O) groups is 1. The number of hydrogen-bond donors (Lipinski definition) is 1. The maximum Gasteiger partial charge on any atom is 0.272 e. The lowest BCUT2D eigenvalue weighted by Crippen LogP contribution is -2.18. The van der Waals surface area contributed by atoms with E-state index in [4.69, 9.17) is 32.7 Å². The van der Waals surface area contributed by atoms with Crippen LogP contribution in [0.1, 0.15) is 29.8 Å². The average molecular weight is 381 g/mol. The van der Waals surface area contributed by atoms with Gasteiger partial charge in [0.05, 0.1) is 30.0 Å². The predicted octanol–water partition coefficient (Wildman–Crippen LogP) is 4.55. The van der Waals surface area contributed by atoms with Crippen LogP contribution in [0.25, 0.3) is 0 Å². The Bertz CT molecular complexity index is 779. The van der Waals surface area contributed by atoms with Crippen LogP contribution in [0.3, 0.4) is 0 Å². The van der Waals surface area contributed by atoms with Crippen molar-refractivity contribution in [2.75, 3.05) is 13.2 Å². The van der Waals surface area contributed by atoms with Gasteiger partial charge in [0, 0.05) is 5.02 Å². The fourth-order valence-electron chi connectivity index (χ4n) is 2.05. The van der Waals surface area contributed by atoms with Gasteiger partial charge in [-0.1, -0.05) is 23.2 Å². The number of hydrazone groups is 1. The van der Waals surface area contributed by atoms with Crippen LogP contribution in [0, 0.1) is 0 Å². The van der Waals surface area contributed by atoms with Crippen molar-refractivity contribution in [2.45, 2.75) is 13.8 Å². The van der Waals surface area contributed by atoms with Crippen molar-refractivity contribution in [3.8, 4) is 11.5 Å². The van der Waals surface area contributed by atoms with E-state index in [2.05, 4.69) is 10.5 Å². The molecule has 0 aromatic heterocycles. The molecular weight excluding hydrogens is 363 g/mol. The van der Waals surface area contributed by atoms with Crippen molar-refractivity contribution in [1.29, 1.82) is 0 Å². The monoisotopic (exact) mass is 380 g/mol. The van der Waals surface area contributed by atoms with Crippen molar-refractivity contribution < 1.29 is 14.3 Å². The summed E-state index contributed by atoms with van der Waals surface area (Å²) in [6.45, 7) is 4.87. The summed E-state index contributed by atoms with van der Waals surface area (Å²) < 4.78 is 11.1. The third-order valence-corrected chi connectivity index (χ3v) is 3.67. The molecule has 2 aromatic rings. The van der Waals surface area contributed by atoms with Gasteiger partial charge >= 0.3 is 0 Å². The van der Waals surface area contributed by atoms with Crippen molar-refractivity contribution in [2.24, 2.45) is 5.10 Å². The number of benzene rings is 2. The van der Waals surface area contributed by atoms with Crippen LogP contribution in [0.4, 0.5) is 0 Å². The summed E-state index contributed by atoms with van der Waals surface area (Å²) in [4.78, 5) is 12.1. The number of rotatable bonds is 7. The Balaban J connectivity index is 2.08. The van der Waals surface area contributed by atoms with E-state index in [0.29, 0.717) is 35.3 Å². The predicted molar refractivity (Wildman–Crippen MR) is 100 cm³/mol. The topological polar surface area (TPSA) is 59.9 Å². The van der Waals surface area contributed by atoms with Crippen molar-refractivity contribution in [3.05, 3.63) is 57.6 Å². The number of amides is 1. The molecule has 0 atom stereocenters. The number of hydrogen-bond acceptors (Lipinski definition) is 4. The normalized spacial score (nSPS) is 10.7. The van der Waals surface area contributed by atoms with Gasteiger partial charge in [0.2, 0.25) is 0 Å². The molecule has 0 unspecified atom stereocenters. The largest absolute Gasteiger partial charge is 0.490 e. The zero-order valence-corrected chi connectivity index (χ0v) is 15.4. The molecule has 0 bridgehead atoms. The van der Waals surface area contributed by atoms with E-state index < -0.39 is 5.91 Å². The van der Waals surface area contributed by atoms with Crippen LogP contribution < -0.4 is 14.9 Å². The molecule has 2 rings (SSSR count). The van der Waals surface area contributed by atoms with E-state index in [1.807, 2.05) is 19.9 Å². The van der Waals surface area contributed by atoms with Crippen molar-refractivity contribution in [3.63, 3.8) is 0 Å². The SMILES string of the molecule is CCOc1ccc(/C=N\NC(=O)c2ccc(Cl)cc2Cl)cc1OCC. The highest BCUT2D eigenvalue weighted by Crippen LogP contribution is 2.28. The minimum absolute atomic E-state index is 0.264. The summed E-state index contributed by atoms with van der Waals surface area (Å²) >= 11 is 11.8. The molecule has 0 aliphatic rings. The summed E-state index contributed by atoms with van der Waals surface area (Å²) in [5.41, 5.74) is 3.48. The van der Waals surface area contributed by atoms with E-state index >= 15 is 0 Å². The van der Waals surface area contributed by atoms with Crippen LogP contribution in [0.15, 0.2) is 41.5 Å². The van der Waals surface area contributed by atoms with Gasteiger partial charge in [0.1, 0.15) is 0 Å². The Hall–Kier alpha value is -2.24. The van der Waals surface area contributed by atoms with Crippen molar-refractivity contribution in [1.82, 2.24) is 5.43 Å². The molecule has 0 fully saturated rings. The van der Waals surface area contributed by atoms with Crippen LogP contribution in [-0.4, -0.2) is 25.3 Å². The molecule has 0 aliphatic heterocycles. The lowest BCUT2D eigenvalue weighted by Gasteiger charge is -2.11. The molecule has 7 heteroatoms. The van der Waals surface area contributed by atoms with Gasteiger partial charge < -0.3 is 9.47 Å². The quantitative estimate of drug-likeness (QED) is 0.565. The number of ether oxygens (including phenoxy) is 2. The third kappa shape index (κ3) is 5.37. The average Bonchev–Trinajstić information content (AvgIpc) is 2.57. The Morgan fingerprint density at radius 1 is 1.08 bits per heavy atom. The molecule has 0 heterocycles. The molecule has 0 saturated heterocycles. The lowest BCUT2D eigenvalue weighted by molar-refractivity contribution is 0.0955. The molecule has 0 spiro atoms. The smallest absolute Gasteiger partial charge is 0.272 e. The number of nitrogens with one attached hydrogen (secondary N) is 1. The first-order chi connectivity index (χ1) is 12.0. The minimum atomic E-state index is -0.422. The van der Waals surface area contributed by atoms with Gasteiger partial charge in [-0.15, -0.1) is 0 Å². The highest BCUT2D eigenvalue weighted by atomic mass is 35.5.